The van der Waals surface area contributed by atoms with Crippen LogP contribution in [0.4, 0.5) is 0 Å². The fourth-order valence-corrected chi connectivity index (χ4v) is 0.983. The van der Waals surface area contributed by atoms with Crippen molar-refractivity contribution < 1.29 is 4.74 Å². The van der Waals surface area contributed by atoms with Crippen molar-refractivity contribution in [3.05, 3.63) is 10.4 Å². The summed E-state index contributed by atoms with van der Waals surface area (Å²) in [7, 11) is 0. The summed E-state index contributed by atoms with van der Waals surface area (Å²) in [6.45, 7) is 4.59. The fraction of sp³-hybridized carbons (Fsp3) is 0.500. The number of hydrogen-bond acceptors (Lipinski definition) is 3. The molecule has 3 heteroatoms. The van der Waals surface area contributed by atoms with E-state index in [1.165, 1.54) is 11.3 Å². The van der Waals surface area contributed by atoms with Gasteiger partial charge in [0.25, 0.3) is 0 Å². The zero-order chi connectivity index (χ0) is 6.69. The number of thiazole rings is 1. The van der Waals surface area contributed by atoms with E-state index in [9.17, 15) is 0 Å². The van der Waals surface area contributed by atoms with Crippen LogP contribution in [0.5, 0.6) is 5.88 Å². The SMILES string of the molecule is CCOc1n[c]sc1C. The van der Waals surface area contributed by atoms with E-state index < -0.39 is 0 Å². The minimum absolute atomic E-state index is 0.679. The van der Waals surface area contributed by atoms with E-state index in [0.717, 1.165) is 10.8 Å². The van der Waals surface area contributed by atoms with Gasteiger partial charge in [0.2, 0.25) is 5.88 Å². The first-order valence-corrected chi connectivity index (χ1v) is 3.62. The Balaban J connectivity index is 2.69. The molecule has 0 saturated carbocycles. The number of rotatable bonds is 2. The Labute approximate surface area is 58.5 Å². The Kier molecular flexibility index (Phi) is 2.05. The van der Waals surface area contributed by atoms with Gasteiger partial charge < -0.3 is 4.74 Å². The first kappa shape index (κ1) is 6.55. The molecule has 2 nitrogen and oxygen atoms in total. The maximum atomic E-state index is 5.14. The number of ether oxygens (including phenoxy) is 1. The van der Waals surface area contributed by atoms with Gasteiger partial charge >= 0.3 is 0 Å². The average molecular weight is 142 g/mol. The summed E-state index contributed by atoms with van der Waals surface area (Å²) >= 11 is 1.48. The van der Waals surface area contributed by atoms with Gasteiger partial charge in [0, 0.05) is 0 Å². The molecule has 1 heterocycles. The molecule has 0 aliphatic carbocycles. The fourth-order valence-electron chi connectivity index (χ4n) is 0.526. The highest BCUT2D eigenvalue weighted by molar-refractivity contribution is 7.09. The molecule has 0 amide bonds. The summed E-state index contributed by atoms with van der Waals surface area (Å²) in [5.41, 5.74) is 2.75. The van der Waals surface area contributed by atoms with Crippen LogP contribution in [0.1, 0.15) is 11.8 Å². The van der Waals surface area contributed by atoms with Crippen molar-refractivity contribution in [2.75, 3.05) is 6.61 Å². The molecule has 0 aliphatic rings. The van der Waals surface area contributed by atoms with Gasteiger partial charge in [-0.25, -0.2) is 0 Å². The van der Waals surface area contributed by atoms with E-state index in [2.05, 4.69) is 10.5 Å². The van der Waals surface area contributed by atoms with Gasteiger partial charge in [-0.3, -0.25) is 0 Å². The van der Waals surface area contributed by atoms with E-state index in [-0.39, 0.29) is 0 Å². The summed E-state index contributed by atoms with van der Waals surface area (Å²) in [5, 5.41) is 0. The third-order valence-corrected chi connectivity index (χ3v) is 1.59. The molecule has 0 atom stereocenters. The van der Waals surface area contributed by atoms with Crippen LogP contribution in [0.15, 0.2) is 0 Å². The highest BCUT2D eigenvalue weighted by Gasteiger charge is 1.99. The van der Waals surface area contributed by atoms with Crippen LogP contribution in [0.2, 0.25) is 0 Å². The lowest BCUT2D eigenvalue weighted by atomic mass is 10.6. The summed E-state index contributed by atoms with van der Waals surface area (Å²) in [5.74, 6) is 0.725. The first-order chi connectivity index (χ1) is 4.34. The number of nitrogens with zero attached hydrogens (tertiary/aromatic N) is 1. The van der Waals surface area contributed by atoms with Gasteiger partial charge in [0.05, 0.1) is 11.5 Å². The van der Waals surface area contributed by atoms with Gasteiger partial charge in [0.1, 0.15) is 0 Å². The van der Waals surface area contributed by atoms with E-state index in [0.29, 0.717) is 6.61 Å². The van der Waals surface area contributed by atoms with Gasteiger partial charge in [-0.05, 0) is 13.8 Å². The Morgan fingerprint density at radius 1 is 1.78 bits per heavy atom. The third-order valence-electron chi connectivity index (χ3n) is 0.928. The number of hydrogen-bond donors (Lipinski definition) is 0. The molecule has 0 N–H and O–H groups in total. The second-order valence-electron chi connectivity index (χ2n) is 1.60. The van der Waals surface area contributed by atoms with Crippen LogP contribution in [0.25, 0.3) is 0 Å². The monoisotopic (exact) mass is 142 g/mol. The number of aromatic nitrogens is 1. The zero-order valence-electron chi connectivity index (χ0n) is 5.47. The topological polar surface area (TPSA) is 22.1 Å². The average Bonchev–Trinajstić information content (AvgIpc) is 2.18. The van der Waals surface area contributed by atoms with Crippen molar-refractivity contribution in [3.8, 4) is 5.88 Å². The molecule has 0 bridgehead atoms. The molecular weight excluding hydrogens is 134 g/mol. The second-order valence-corrected chi connectivity index (χ2v) is 2.60. The van der Waals surface area contributed by atoms with E-state index in [1.54, 1.807) is 0 Å². The minimum Gasteiger partial charge on any atom is -0.477 e. The highest BCUT2D eigenvalue weighted by Crippen LogP contribution is 2.17. The van der Waals surface area contributed by atoms with Crippen molar-refractivity contribution in [2.45, 2.75) is 13.8 Å². The molecular formula is C6H8NOS. The van der Waals surface area contributed by atoms with Crippen LogP contribution in [0.3, 0.4) is 0 Å². The van der Waals surface area contributed by atoms with Gasteiger partial charge in [-0.1, -0.05) is 0 Å². The van der Waals surface area contributed by atoms with Crippen LogP contribution in [-0.4, -0.2) is 11.6 Å². The minimum atomic E-state index is 0.679. The summed E-state index contributed by atoms with van der Waals surface area (Å²) in [6, 6.07) is 0. The Bertz CT molecular complexity index is 185. The predicted molar refractivity (Wildman–Crippen MR) is 36.9 cm³/mol. The Hall–Kier alpha value is -0.570. The Morgan fingerprint density at radius 3 is 3.00 bits per heavy atom. The molecule has 1 radical (unpaired) electrons. The molecule has 0 aromatic carbocycles. The third kappa shape index (κ3) is 1.42. The van der Waals surface area contributed by atoms with Crippen molar-refractivity contribution in [3.63, 3.8) is 0 Å². The Morgan fingerprint density at radius 2 is 2.56 bits per heavy atom. The molecule has 1 aromatic rings. The van der Waals surface area contributed by atoms with Crippen LogP contribution in [0, 0.1) is 12.4 Å². The maximum absolute atomic E-state index is 5.14. The van der Waals surface area contributed by atoms with Crippen LogP contribution >= 0.6 is 11.3 Å². The normalized spacial score (nSPS) is 9.56. The molecule has 0 fully saturated rings. The molecule has 0 spiro atoms. The van der Waals surface area contributed by atoms with Gasteiger partial charge in [-0.2, -0.15) is 4.98 Å². The van der Waals surface area contributed by atoms with Crippen LogP contribution in [-0.2, 0) is 0 Å². The predicted octanol–water partition coefficient (Wildman–Crippen LogP) is 1.65. The maximum Gasteiger partial charge on any atom is 0.228 e. The lowest BCUT2D eigenvalue weighted by molar-refractivity contribution is 0.327. The highest BCUT2D eigenvalue weighted by atomic mass is 32.1. The van der Waals surface area contributed by atoms with Crippen molar-refractivity contribution >= 4 is 11.3 Å². The lowest BCUT2D eigenvalue weighted by Gasteiger charge is -1.96. The second kappa shape index (κ2) is 2.82. The van der Waals surface area contributed by atoms with E-state index >= 15 is 0 Å². The van der Waals surface area contributed by atoms with E-state index in [4.69, 9.17) is 4.74 Å². The van der Waals surface area contributed by atoms with Gasteiger partial charge in [-0.15, -0.1) is 11.3 Å². The molecule has 9 heavy (non-hydrogen) atoms. The summed E-state index contributed by atoms with van der Waals surface area (Å²) in [4.78, 5) is 4.97. The summed E-state index contributed by atoms with van der Waals surface area (Å²) < 4.78 is 5.14. The van der Waals surface area contributed by atoms with E-state index in [1.807, 2.05) is 13.8 Å². The molecule has 0 saturated heterocycles. The van der Waals surface area contributed by atoms with Crippen molar-refractivity contribution in [2.24, 2.45) is 0 Å². The first-order valence-electron chi connectivity index (χ1n) is 2.81. The molecule has 49 valence electrons. The molecule has 0 aliphatic heterocycles. The molecule has 1 aromatic heterocycles. The van der Waals surface area contributed by atoms with Crippen molar-refractivity contribution in [1.82, 2.24) is 4.98 Å². The molecule has 0 unspecified atom stereocenters. The number of aryl methyl sites for hydroxylation is 1. The summed E-state index contributed by atoms with van der Waals surface area (Å²) in [6.07, 6.45) is 0. The van der Waals surface area contributed by atoms with Gasteiger partial charge in [0.15, 0.2) is 5.51 Å². The standard InChI is InChI=1S/C6H8NOS/c1-3-8-6-5(2)9-4-7-6/h3H2,1-2H3. The lowest BCUT2D eigenvalue weighted by Crippen LogP contribution is -1.91. The largest absolute Gasteiger partial charge is 0.477 e. The van der Waals surface area contributed by atoms with Crippen LogP contribution < -0.4 is 4.74 Å². The quantitative estimate of drug-likeness (QED) is 0.626. The van der Waals surface area contributed by atoms with Crippen molar-refractivity contribution in [1.29, 1.82) is 0 Å². The zero-order valence-corrected chi connectivity index (χ0v) is 6.29. The smallest absolute Gasteiger partial charge is 0.228 e. The molecule has 1 rings (SSSR count).